The molecule has 1 saturated heterocycles. The third kappa shape index (κ3) is 27.7. The van der Waals surface area contributed by atoms with Gasteiger partial charge in [0.2, 0.25) is 41.4 Å². The quantitative estimate of drug-likeness (QED) is 0.0603. The highest BCUT2D eigenvalue weighted by molar-refractivity contribution is 5.98. The number of unbranched alkanes of at least 4 members (excludes halogenated alkanes) is 7. The van der Waals surface area contributed by atoms with Crippen LogP contribution in [0, 0.1) is 0 Å². The fourth-order valence-electron chi connectivity index (χ4n) is 6.40. The van der Waals surface area contributed by atoms with Gasteiger partial charge in [0.25, 0.3) is 0 Å². The number of amides is 7. The Bertz CT molecular complexity index is 1240. The van der Waals surface area contributed by atoms with Gasteiger partial charge in [-0.25, -0.2) is 0 Å². The summed E-state index contributed by atoms with van der Waals surface area (Å²) in [5.41, 5.74) is 0. The van der Waals surface area contributed by atoms with Crippen LogP contribution in [0.15, 0.2) is 0 Å². The Kier molecular flexibility index (Phi) is 34.5. The second-order valence-electron chi connectivity index (χ2n) is 16.0. The van der Waals surface area contributed by atoms with Crippen LogP contribution in [-0.2, 0) is 43.0 Å². The second-order valence-corrected chi connectivity index (χ2v) is 16.0. The highest BCUT2D eigenvalue weighted by Gasteiger charge is 2.33. The molecule has 7 amide bonds. The van der Waals surface area contributed by atoms with E-state index in [1.807, 2.05) is 27.7 Å². The van der Waals surface area contributed by atoms with Crippen molar-refractivity contribution < 1.29 is 43.0 Å². The zero-order valence-electron chi connectivity index (χ0n) is 39.1. The van der Waals surface area contributed by atoms with Crippen LogP contribution in [0.2, 0.25) is 0 Å². The molecule has 0 bridgehead atoms. The van der Waals surface area contributed by atoms with E-state index in [0.717, 1.165) is 84.2 Å². The first-order valence-corrected chi connectivity index (χ1v) is 23.5. The Balaban J connectivity index is 0.00000317. The number of rotatable bonds is 26. The molecule has 16 nitrogen and oxygen atoms in total. The van der Waals surface area contributed by atoms with Crippen molar-refractivity contribution in [3.05, 3.63) is 0 Å². The maximum atomic E-state index is 13.8. The van der Waals surface area contributed by atoms with E-state index in [1.54, 1.807) is 0 Å². The van der Waals surface area contributed by atoms with Gasteiger partial charge in [-0.05, 0) is 71.6 Å². The first kappa shape index (κ1) is 57.2. The van der Waals surface area contributed by atoms with E-state index >= 15 is 0 Å². The Hall–Kier alpha value is -3.79. The minimum atomic E-state index is -1.03. The Labute approximate surface area is 367 Å². The lowest BCUT2D eigenvalue weighted by molar-refractivity contribution is -0.136. The van der Waals surface area contributed by atoms with Crippen molar-refractivity contribution in [2.45, 2.75) is 214 Å². The Morgan fingerprint density at radius 1 is 0.426 bits per heavy atom. The van der Waals surface area contributed by atoms with E-state index in [1.165, 1.54) is 13.8 Å². The minimum absolute atomic E-state index is 0.0494. The third-order valence-corrected chi connectivity index (χ3v) is 10.1. The molecular formula is C45H85N7O9. The van der Waals surface area contributed by atoms with Crippen molar-refractivity contribution in [2.24, 2.45) is 0 Å². The summed E-state index contributed by atoms with van der Waals surface area (Å²) in [6, 6.07) is -5.97. The van der Waals surface area contributed by atoms with Gasteiger partial charge in [0, 0.05) is 26.2 Å². The van der Waals surface area contributed by atoms with Gasteiger partial charge in [0.05, 0.1) is 13.2 Å². The van der Waals surface area contributed by atoms with Crippen molar-refractivity contribution in [1.29, 1.82) is 0 Å². The monoisotopic (exact) mass is 868 g/mol. The molecule has 1 fully saturated rings. The van der Waals surface area contributed by atoms with Crippen LogP contribution in [0.5, 0.6) is 0 Å². The van der Waals surface area contributed by atoms with Gasteiger partial charge in [-0.1, -0.05) is 99.3 Å². The highest BCUT2D eigenvalue weighted by atomic mass is 16.5. The summed E-state index contributed by atoms with van der Waals surface area (Å²) >= 11 is 0. The van der Waals surface area contributed by atoms with Crippen LogP contribution in [0.3, 0.4) is 0 Å². The summed E-state index contributed by atoms with van der Waals surface area (Å²) in [6.07, 6.45) is 12.7. The van der Waals surface area contributed by atoms with Gasteiger partial charge in [-0.3, -0.25) is 33.6 Å². The number of carbonyl (C=O) groups is 7. The lowest BCUT2D eigenvalue weighted by Gasteiger charge is -2.28. The summed E-state index contributed by atoms with van der Waals surface area (Å²) in [5, 5.41) is 19.4. The molecule has 1 heterocycles. The molecular weight excluding hydrogens is 783 g/mol. The zero-order chi connectivity index (χ0) is 45.8. The highest BCUT2D eigenvalue weighted by Crippen LogP contribution is 2.11. The van der Waals surface area contributed by atoms with E-state index < -0.39 is 71.7 Å². The van der Waals surface area contributed by atoms with Crippen molar-refractivity contribution in [3.8, 4) is 0 Å². The normalized spacial score (nSPS) is 21.9. The summed E-state index contributed by atoms with van der Waals surface area (Å²) in [4.78, 5) is 93.1. The first-order chi connectivity index (χ1) is 29.3. The molecule has 1 aliphatic heterocycles. The van der Waals surface area contributed by atoms with Crippen LogP contribution in [0.25, 0.3) is 0 Å². The molecule has 16 heteroatoms. The molecule has 0 aromatic carbocycles. The summed E-state index contributed by atoms with van der Waals surface area (Å²) in [5.74, 6) is -3.36. The first-order valence-electron chi connectivity index (χ1n) is 23.5. The molecule has 1 rings (SSSR count). The van der Waals surface area contributed by atoms with E-state index in [-0.39, 0.29) is 12.3 Å². The molecule has 6 atom stereocenters. The number of nitrogens with one attached hydrogen (secondary N) is 7. The van der Waals surface area contributed by atoms with Gasteiger partial charge in [0.15, 0.2) is 0 Å². The lowest BCUT2D eigenvalue weighted by atomic mass is 10.0. The number of hydrogen-bond donors (Lipinski definition) is 7. The number of carbonyl (C=O) groups excluding carboxylic acids is 7. The molecule has 354 valence electrons. The standard InChI is InChI=1S/C37H67N7O7.C8H18O2/c1-7-11-14-20-27-34(48)39-26(6)33(47)42-29(22-16-13-9-3)36(50)44-30(23-17-18-24-38-31(45)19-10-4)37(51)43-28(21-15-12-8-2)35(49)40-25(5)32(46)41-27;1-3-5-9-7-8-10-6-4-2/h25-30H,7-24H2,1-6H3,(H,38,45)(H,39,48)(H,40,49)(H,41,46)(H,42,47)(H,43,51)(H,44,50);3-8H2,1-2H3/t25-,26-,27+,28+,29+,30-;/m1./s1. The molecule has 0 aliphatic carbocycles. The van der Waals surface area contributed by atoms with E-state index in [0.29, 0.717) is 64.3 Å². The third-order valence-electron chi connectivity index (χ3n) is 10.1. The average molecular weight is 868 g/mol. The van der Waals surface area contributed by atoms with Crippen molar-refractivity contribution >= 4 is 41.4 Å². The zero-order valence-corrected chi connectivity index (χ0v) is 39.1. The summed E-state index contributed by atoms with van der Waals surface area (Å²) < 4.78 is 10.4. The predicted molar refractivity (Wildman–Crippen MR) is 239 cm³/mol. The van der Waals surface area contributed by atoms with E-state index in [4.69, 9.17) is 9.47 Å². The molecule has 61 heavy (non-hydrogen) atoms. The average Bonchev–Trinajstić information content (AvgIpc) is 3.23. The molecule has 0 unspecified atom stereocenters. The predicted octanol–water partition coefficient (Wildman–Crippen LogP) is 4.62. The fourth-order valence-corrected chi connectivity index (χ4v) is 6.40. The molecule has 0 spiro atoms. The number of hydrogen-bond acceptors (Lipinski definition) is 9. The van der Waals surface area contributed by atoms with Crippen molar-refractivity contribution in [2.75, 3.05) is 33.0 Å². The topological polar surface area (TPSA) is 222 Å². The van der Waals surface area contributed by atoms with Crippen molar-refractivity contribution in [3.63, 3.8) is 0 Å². The number of ether oxygens (including phenoxy) is 2. The second kappa shape index (κ2) is 36.8. The summed E-state index contributed by atoms with van der Waals surface area (Å²) in [7, 11) is 0. The smallest absolute Gasteiger partial charge is 0.243 e. The molecule has 0 radical (unpaired) electrons. The van der Waals surface area contributed by atoms with E-state index in [9.17, 15) is 33.6 Å². The van der Waals surface area contributed by atoms with Crippen LogP contribution in [0.4, 0.5) is 0 Å². The minimum Gasteiger partial charge on any atom is -0.379 e. The van der Waals surface area contributed by atoms with Gasteiger partial charge in [-0.2, -0.15) is 0 Å². The van der Waals surface area contributed by atoms with Crippen LogP contribution < -0.4 is 37.2 Å². The largest absolute Gasteiger partial charge is 0.379 e. The Morgan fingerprint density at radius 2 is 0.754 bits per heavy atom. The van der Waals surface area contributed by atoms with E-state index in [2.05, 4.69) is 51.1 Å². The molecule has 0 saturated carbocycles. The molecule has 0 aromatic rings. The SMILES string of the molecule is CCCCC[C@@H]1NC(=O)[C@@H](C)NC(=O)[C@H](CCCCC)NC(=O)[C@@H](CCCCNC(=O)CCC)NC(=O)[C@H](CCCCC)NC(=O)[C@@H](C)NC1=O.CCCOCCOCCC. The van der Waals surface area contributed by atoms with Crippen molar-refractivity contribution in [1.82, 2.24) is 37.2 Å². The van der Waals surface area contributed by atoms with Gasteiger partial charge >= 0.3 is 0 Å². The van der Waals surface area contributed by atoms with Crippen LogP contribution >= 0.6 is 0 Å². The molecule has 7 N–H and O–H groups in total. The molecule has 0 aromatic heterocycles. The fraction of sp³-hybridized carbons (Fsp3) is 0.844. The van der Waals surface area contributed by atoms with Gasteiger partial charge in [0.1, 0.15) is 36.3 Å². The van der Waals surface area contributed by atoms with Crippen LogP contribution in [-0.4, -0.2) is 111 Å². The summed E-state index contributed by atoms with van der Waals surface area (Å²) in [6.45, 7) is 18.8. The maximum Gasteiger partial charge on any atom is 0.243 e. The van der Waals surface area contributed by atoms with Gasteiger partial charge < -0.3 is 46.7 Å². The molecule has 1 aliphatic rings. The lowest BCUT2D eigenvalue weighted by Crippen LogP contribution is -2.60. The van der Waals surface area contributed by atoms with Gasteiger partial charge in [-0.15, -0.1) is 0 Å². The van der Waals surface area contributed by atoms with Crippen LogP contribution in [0.1, 0.15) is 177 Å². The maximum absolute atomic E-state index is 13.8. The Morgan fingerprint density at radius 3 is 1.08 bits per heavy atom.